The normalized spacial score (nSPS) is 12.7. The van der Waals surface area contributed by atoms with Crippen LogP contribution in [0.2, 0.25) is 16.1 Å². The minimum atomic E-state index is -0.890. The van der Waals surface area contributed by atoms with Gasteiger partial charge in [0.25, 0.3) is 0 Å². The molecule has 0 aromatic rings. The van der Waals surface area contributed by atoms with Crippen molar-refractivity contribution in [3.63, 3.8) is 0 Å². The lowest BCUT2D eigenvalue weighted by Gasteiger charge is -2.42. The molecule has 0 aliphatic rings. The molecule has 2 heteroatoms. The van der Waals surface area contributed by atoms with Crippen LogP contribution in [-0.4, -0.2) is 22.0 Å². The van der Waals surface area contributed by atoms with Crippen LogP contribution in [0.5, 0.6) is 0 Å². The standard InChI is InChI=1S/C18H38OSi/c1-9-16(10-2)20(17(11-3)12-4)18(7,8)14-19-13-15(5)6/h16-17,20H,5,9-14H2,1-4,6-8H3. The Morgan fingerprint density at radius 3 is 1.70 bits per heavy atom. The van der Waals surface area contributed by atoms with E-state index < -0.39 is 8.80 Å². The van der Waals surface area contributed by atoms with Crippen LogP contribution in [0.15, 0.2) is 12.2 Å². The molecular formula is C18H38OSi. The van der Waals surface area contributed by atoms with Crippen LogP contribution in [0.1, 0.15) is 74.1 Å². The Hall–Kier alpha value is -0.0831. The second-order valence-corrected chi connectivity index (χ2v) is 11.6. The second-order valence-electron chi connectivity index (χ2n) is 7.12. The summed E-state index contributed by atoms with van der Waals surface area (Å²) in [4.78, 5) is 0. The van der Waals surface area contributed by atoms with Crippen molar-refractivity contribution in [1.29, 1.82) is 0 Å². The Bertz CT molecular complexity index is 253. The molecule has 1 nitrogen and oxygen atoms in total. The molecule has 0 unspecified atom stereocenters. The van der Waals surface area contributed by atoms with Gasteiger partial charge in [-0.25, -0.2) is 0 Å². The van der Waals surface area contributed by atoms with Crippen molar-refractivity contribution >= 4 is 8.80 Å². The van der Waals surface area contributed by atoms with Crippen molar-refractivity contribution in [1.82, 2.24) is 0 Å². The van der Waals surface area contributed by atoms with E-state index in [1.165, 1.54) is 25.7 Å². The van der Waals surface area contributed by atoms with Crippen LogP contribution < -0.4 is 0 Å². The summed E-state index contributed by atoms with van der Waals surface area (Å²) in [5, 5.41) is 0.378. The molecule has 0 spiro atoms. The lowest BCUT2D eigenvalue weighted by atomic mass is 10.2. The molecule has 0 N–H and O–H groups in total. The first-order valence-corrected chi connectivity index (χ1v) is 10.5. The molecule has 0 fully saturated rings. The second kappa shape index (κ2) is 9.78. The molecule has 0 aromatic heterocycles. The zero-order valence-corrected chi connectivity index (χ0v) is 16.2. The minimum absolute atomic E-state index is 0.378. The molecule has 0 radical (unpaired) electrons. The van der Waals surface area contributed by atoms with Crippen LogP contribution >= 0.6 is 0 Å². The van der Waals surface area contributed by atoms with Crippen LogP contribution in [0, 0.1) is 0 Å². The fraction of sp³-hybridized carbons (Fsp3) is 0.889. The van der Waals surface area contributed by atoms with Gasteiger partial charge in [0.2, 0.25) is 0 Å². The van der Waals surface area contributed by atoms with Crippen molar-refractivity contribution in [3.05, 3.63) is 12.2 Å². The molecule has 0 saturated heterocycles. The molecule has 0 aliphatic heterocycles. The maximum atomic E-state index is 5.95. The molecule has 0 atom stereocenters. The van der Waals surface area contributed by atoms with Crippen LogP contribution in [0.4, 0.5) is 0 Å². The van der Waals surface area contributed by atoms with E-state index in [2.05, 4.69) is 48.1 Å². The van der Waals surface area contributed by atoms with Gasteiger partial charge in [0.15, 0.2) is 0 Å². The smallest absolute Gasteiger partial charge is 0.0671 e. The summed E-state index contributed by atoms with van der Waals surface area (Å²) < 4.78 is 5.95. The number of hydrogen-bond donors (Lipinski definition) is 0. The number of rotatable bonds is 11. The van der Waals surface area contributed by atoms with Gasteiger partial charge in [-0.3, -0.25) is 0 Å². The van der Waals surface area contributed by atoms with Gasteiger partial charge in [0.05, 0.1) is 15.4 Å². The van der Waals surface area contributed by atoms with E-state index in [9.17, 15) is 0 Å². The maximum absolute atomic E-state index is 5.95. The topological polar surface area (TPSA) is 9.23 Å². The molecule has 0 rings (SSSR count). The molecular weight excluding hydrogens is 260 g/mol. The zero-order chi connectivity index (χ0) is 15.8. The Kier molecular flexibility index (Phi) is 9.74. The van der Waals surface area contributed by atoms with E-state index >= 15 is 0 Å². The first-order chi connectivity index (χ1) is 9.33. The summed E-state index contributed by atoms with van der Waals surface area (Å²) in [5.74, 6) is 0. The van der Waals surface area contributed by atoms with Crippen molar-refractivity contribution in [2.45, 2.75) is 90.3 Å². The third kappa shape index (κ3) is 6.13. The summed E-state index contributed by atoms with van der Waals surface area (Å²) in [6.45, 7) is 22.0. The molecule has 0 aromatic carbocycles. The average Bonchev–Trinajstić information content (AvgIpc) is 2.38. The average molecular weight is 299 g/mol. The molecule has 0 saturated carbocycles. The van der Waals surface area contributed by atoms with E-state index in [-0.39, 0.29) is 0 Å². The SMILES string of the molecule is C=C(C)COCC(C)(C)[SiH](C(CC)CC)C(CC)CC. The molecule has 0 heterocycles. The van der Waals surface area contributed by atoms with Gasteiger partial charge in [-0.2, -0.15) is 0 Å². The van der Waals surface area contributed by atoms with Gasteiger partial charge < -0.3 is 4.74 Å². The highest BCUT2D eigenvalue weighted by Gasteiger charge is 2.39. The summed E-state index contributed by atoms with van der Waals surface area (Å²) >= 11 is 0. The van der Waals surface area contributed by atoms with Crippen LogP contribution in [0.3, 0.4) is 0 Å². The first-order valence-electron chi connectivity index (χ1n) is 8.55. The van der Waals surface area contributed by atoms with Crippen molar-refractivity contribution in [2.24, 2.45) is 0 Å². The highest BCUT2D eigenvalue weighted by molar-refractivity contribution is 6.65. The van der Waals surface area contributed by atoms with Gasteiger partial charge in [-0.1, -0.05) is 79.4 Å². The zero-order valence-electron chi connectivity index (χ0n) is 15.1. The lowest BCUT2D eigenvalue weighted by Crippen LogP contribution is -2.40. The van der Waals surface area contributed by atoms with E-state index in [1.54, 1.807) is 0 Å². The Morgan fingerprint density at radius 2 is 1.40 bits per heavy atom. The summed E-state index contributed by atoms with van der Waals surface area (Å²) in [7, 11) is -0.890. The largest absolute Gasteiger partial charge is 0.377 e. The van der Waals surface area contributed by atoms with Gasteiger partial charge in [0.1, 0.15) is 0 Å². The van der Waals surface area contributed by atoms with E-state index in [1.807, 2.05) is 6.92 Å². The van der Waals surface area contributed by atoms with Crippen molar-refractivity contribution in [3.8, 4) is 0 Å². The Morgan fingerprint density at radius 1 is 1.00 bits per heavy atom. The lowest BCUT2D eigenvalue weighted by molar-refractivity contribution is 0.132. The monoisotopic (exact) mass is 298 g/mol. The van der Waals surface area contributed by atoms with Crippen molar-refractivity contribution < 1.29 is 4.74 Å². The van der Waals surface area contributed by atoms with Crippen molar-refractivity contribution in [2.75, 3.05) is 13.2 Å². The molecule has 120 valence electrons. The molecule has 0 aliphatic carbocycles. The van der Waals surface area contributed by atoms with Crippen LogP contribution in [0.25, 0.3) is 0 Å². The third-order valence-electron chi connectivity index (χ3n) is 4.84. The van der Waals surface area contributed by atoms with Crippen LogP contribution in [-0.2, 0) is 4.74 Å². The third-order valence-corrected chi connectivity index (χ3v) is 10.7. The fourth-order valence-corrected chi connectivity index (χ4v) is 9.50. The Balaban J connectivity index is 5.00. The predicted octanol–water partition coefficient (Wildman–Crippen LogP) is 5.97. The van der Waals surface area contributed by atoms with E-state index in [4.69, 9.17) is 4.74 Å². The highest BCUT2D eigenvalue weighted by atomic mass is 28.3. The summed E-state index contributed by atoms with van der Waals surface area (Å²) in [5.41, 5.74) is 3.02. The highest BCUT2D eigenvalue weighted by Crippen LogP contribution is 2.46. The van der Waals surface area contributed by atoms with Gasteiger partial charge in [-0.05, 0) is 23.0 Å². The summed E-state index contributed by atoms with van der Waals surface area (Å²) in [6, 6.07) is 0. The van der Waals surface area contributed by atoms with E-state index in [0.29, 0.717) is 5.04 Å². The molecule has 20 heavy (non-hydrogen) atoms. The first kappa shape index (κ1) is 19.9. The minimum Gasteiger partial charge on any atom is -0.377 e. The van der Waals surface area contributed by atoms with Gasteiger partial charge in [-0.15, -0.1) is 0 Å². The predicted molar refractivity (Wildman–Crippen MR) is 95.5 cm³/mol. The van der Waals surface area contributed by atoms with Gasteiger partial charge >= 0.3 is 0 Å². The fourth-order valence-electron chi connectivity index (χ4n) is 3.84. The number of ether oxygens (including phenoxy) is 1. The quantitative estimate of drug-likeness (QED) is 0.337. The van der Waals surface area contributed by atoms with E-state index in [0.717, 1.165) is 29.9 Å². The Labute approximate surface area is 129 Å². The number of hydrogen-bond acceptors (Lipinski definition) is 1. The maximum Gasteiger partial charge on any atom is 0.0671 e. The molecule has 0 bridgehead atoms. The summed E-state index contributed by atoms with van der Waals surface area (Å²) in [6.07, 6.45) is 5.36. The molecule has 0 amide bonds. The van der Waals surface area contributed by atoms with Gasteiger partial charge in [0, 0.05) is 6.61 Å².